The zero-order valence-electron chi connectivity index (χ0n) is 17.9. The molecule has 4 rings (SSSR count). The van der Waals surface area contributed by atoms with Gasteiger partial charge in [-0.05, 0) is 16.0 Å². The normalized spacial score (nSPS) is 19.6. The third-order valence-electron chi connectivity index (χ3n) is 4.78. The minimum absolute atomic E-state index is 0.106. The number of carboxylic acids is 1. The Morgan fingerprint density at radius 3 is 2.94 bits per heavy atom. The number of fused-ring (bicyclic) bond motifs is 1. The van der Waals surface area contributed by atoms with E-state index in [4.69, 9.17) is 17.0 Å². The summed E-state index contributed by atoms with van der Waals surface area (Å²) in [5, 5.41) is 28.9. The number of thiazole rings is 1. The number of hydrogen-bond donors (Lipinski definition) is 3. The first-order chi connectivity index (χ1) is 16.8. The van der Waals surface area contributed by atoms with Crippen LogP contribution in [0.25, 0.3) is 0 Å². The van der Waals surface area contributed by atoms with Crippen LogP contribution in [0.2, 0.25) is 0 Å². The van der Waals surface area contributed by atoms with Crippen molar-refractivity contribution in [3.05, 3.63) is 22.3 Å². The second-order valence-electron chi connectivity index (χ2n) is 6.98. The van der Waals surface area contributed by atoms with E-state index in [-0.39, 0.29) is 34.6 Å². The maximum Gasteiger partial charge on any atom is 0.352 e. The summed E-state index contributed by atoms with van der Waals surface area (Å²) in [5.74, 6) is 0.326. The van der Waals surface area contributed by atoms with Crippen LogP contribution in [0.1, 0.15) is 5.69 Å². The smallest absolute Gasteiger partial charge is 0.352 e. The quantitative estimate of drug-likeness (QED) is 0.0900. The fraction of sp³-hybridized carbons (Fsp3) is 0.333. The van der Waals surface area contributed by atoms with Crippen LogP contribution in [-0.2, 0) is 26.3 Å². The van der Waals surface area contributed by atoms with Gasteiger partial charge in [-0.15, -0.1) is 34.6 Å². The number of hydrogen-bond acceptors (Lipinski definition) is 13. The van der Waals surface area contributed by atoms with Crippen LogP contribution in [0.3, 0.4) is 0 Å². The molecule has 0 aliphatic carbocycles. The Morgan fingerprint density at radius 2 is 2.31 bits per heavy atom. The van der Waals surface area contributed by atoms with Crippen LogP contribution < -0.4 is 11.1 Å². The Bertz CT molecular complexity index is 1280. The number of nitrogen functional groups attached to an aromatic ring is 1. The van der Waals surface area contributed by atoms with Gasteiger partial charge < -0.3 is 21.0 Å². The van der Waals surface area contributed by atoms with Crippen molar-refractivity contribution in [3.63, 3.8) is 0 Å². The Balaban J connectivity index is 1.49. The van der Waals surface area contributed by atoms with Crippen LogP contribution in [0, 0.1) is 12.3 Å². The number of nitrogens with two attached hydrogens (primary N) is 1. The Kier molecular flexibility index (Phi) is 7.23. The molecular formula is C18H17N9O5S3. The molecule has 17 heteroatoms. The summed E-state index contributed by atoms with van der Waals surface area (Å²) < 4.78 is 1.47. The first-order valence-electron chi connectivity index (χ1n) is 9.72. The highest BCUT2D eigenvalue weighted by Crippen LogP contribution is 2.41. The highest BCUT2D eigenvalue weighted by atomic mass is 32.2. The fourth-order valence-corrected chi connectivity index (χ4v) is 6.12. The minimum Gasteiger partial charge on any atom is -0.477 e. The number of rotatable bonds is 9. The van der Waals surface area contributed by atoms with Gasteiger partial charge in [-0.2, -0.15) is 0 Å². The fourth-order valence-electron chi connectivity index (χ4n) is 3.23. The Morgan fingerprint density at radius 1 is 1.51 bits per heavy atom. The highest BCUT2D eigenvalue weighted by molar-refractivity contribution is 8.01. The van der Waals surface area contributed by atoms with Gasteiger partial charge in [0.25, 0.3) is 11.8 Å². The minimum atomic E-state index is -1.23. The molecule has 2 aliphatic heterocycles. The van der Waals surface area contributed by atoms with Crippen molar-refractivity contribution in [2.75, 3.05) is 23.8 Å². The maximum absolute atomic E-state index is 12.9. The highest BCUT2D eigenvalue weighted by Gasteiger charge is 2.54. The lowest BCUT2D eigenvalue weighted by Crippen LogP contribution is -2.71. The standard InChI is InChI=1S/C18H17N9O5S3/c1-3-4-32-23-10(9-7-34-17(19)20-9)13(28)21-11-14(29)27-12(16(30)31)8(5-33-15(11)27)6-35-18-22-24-25-26(18)2/h1,7,11,15H,4-6H2,2H3,(H2,19,20)(H,21,28)(H,30,31)/t11?,15-/m1/s1. The van der Waals surface area contributed by atoms with Crippen molar-refractivity contribution in [3.8, 4) is 12.3 Å². The molecule has 14 nitrogen and oxygen atoms in total. The largest absolute Gasteiger partial charge is 0.477 e. The topological polar surface area (TPSA) is 191 Å². The molecule has 4 heterocycles. The summed E-state index contributed by atoms with van der Waals surface area (Å²) in [6, 6.07) is -0.965. The molecule has 2 aliphatic rings. The van der Waals surface area contributed by atoms with E-state index in [9.17, 15) is 19.5 Å². The average Bonchev–Trinajstić information content (AvgIpc) is 3.45. The van der Waals surface area contributed by atoms with E-state index in [0.29, 0.717) is 16.5 Å². The second kappa shape index (κ2) is 10.3. The zero-order valence-corrected chi connectivity index (χ0v) is 20.4. The van der Waals surface area contributed by atoms with Gasteiger partial charge in [-0.3, -0.25) is 14.5 Å². The Labute approximate surface area is 210 Å². The van der Waals surface area contributed by atoms with Crippen LogP contribution in [0.15, 0.2) is 27.0 Å². The number of nitrogens with zero attached hydrogens (tertiary/aromatic N) is 7. The summed E-state index contributed by atoms with van der Waals surface area (Å²) in [4.78, 5) is 48.0. The molecule has 35 heavy (non-hydrogen) atoms. The van der Waals surface area contributed by atoms with E-state index in [1.54, 1.807) is 7.05 Å². The number of carboxylic acid groups (broad SMARTS) is 1. The second-order valence-corrected chi connectivity index (χ2v) is 9.92. The predicted octanol–water partition coefficient (Wildman–Crippen LogP) is -0.866. The molecule has 0 bridgehead atoms. The molecule has 2 atom stereocenters. The lowest BCUT2D eigenvalue weighted by Gasteiger charge is -2.49. The van der Waals surface area contributed by atoms with Crippen molar-refractivity contribution in [1.82, 2.24) is 35.4 Å². The lowest BCUT2D eigenvalue weighted by molar-refractivity contribution is -0.150. The molecule has 0 aromatic carbocycles. The number of tetrazole rings is 1. The van der Waals surface area contributed by atoms with Crippen LogP contribution >= 0.6 is 34.9 Å². The number of carbonyl (C=O) groups is 3. The van der Waals surface area contributed by atoms with Gasteiger partial charge in [-0.1, -0.05) is 22.8 Å². The van der Waals surface area contributed by atoms with E-state index in [1.165, 1.54) is 38.5 Å². The molecule has 1 saturated heterocycles. The van der Waals surface area contributed by atoms with Crippen molar-refractivity contribution >= 4 is 63.5 Å². The first-order valence-corrected chi connectivity index (χ1v) is 12.6. The van der Waals surface area contributed by atoms with Crippen molar-refractivity contribution < 1.29 is 24.3 Å². The molecule has 0 saturated carbocycles. The molecule has 2 aromatic rings. The summed E-state index contributed by atoms with van der Waals surface area (Å²) in [5.41, 5.74) is 6.04. The third kappa shape index (κ3) is 4.94. The first kappa shape index (κ1) is 24.5. The van der Waals surface area contributed by atoms with Gasteiger partial charge in [0.05, 0.1) is 0 Å². The number of nitrogens with one attached hydrogen (secondary N) is 1. The van der Waals surface area contributed by atoms with Crippen LogP contribution in [0.4, 0.5) is 5.13 Å². The van der Waals surface area contributed by atoms with Crippen LogP contribution in [0.5, 0.6) is 0 Å². The van der Waals surface area contributed by atoms with Gasteiger partial charge in [0, 0.05) is 23.9 Å². The van der Waals surface area contributed by atoms with Gasteiger partial charge in [-0.25, -0.2) is 14.5 Å². The molecular weight excluding hydrogens is 518 g/mol. The molecule has 4 N–H and O–H groups in total. The van der Waals surface area contributed by atoms with Crippen LogP contribution in [-0.4, -0.2) is 88.2 Å². The number of aliphatic carboxylic acids is 1. The SMILES string of the molecule is C#CCON=C(C(=O)NC1C(=O)N2C(C(=O)O)=C(CSc3nnnn3C)CS[C@H]12)c1csc(N)n1. The molecule has 1 fully saturated rings. The van der Waals surface area contributed by atoms with E-state index in [1.807, 2.05) is 0 Å². The number of terminal acetylenes is 1. The molecule has 1 unspecified atom stereocenters. The number of amides is 2. The summed E-state index contributed by atoms with van der Waals surface area (Å²) in [7, 11) is 1.67. The van der Waals surface area contributed by atoms with Gasteiger partial charge in [0.1, 0.15) is 22.8 Å². The molecule has 182 valence electrons. The van der Waals surface area contributed by atoms with E-state index in [2.05, 4.69) is 36.9 Å². The molecule has 0 spiro atoms. The number of anilines is 1. The van der Waals surface area contributed by atoms with E-state index in [0.717, 1.165) is 11.3 Å². The number of β-lactam (4-membered cyclic amide) rings is 1. The molecule has 0 radical (unpaired) electrons. The van der Waals surface area contributed by atoms with E-state index >= 15 is 0 Å². The zero-order chi connectivity index (χ0) is 25.1. The summed E-state index contributed by atoms with van der Waals surface area (Å²) in [6.45, 7) is -0.178. The number of thioether (sulfide) groups is 2. The number of oxime groups is 1. The van der Waals surface area contributed by atoms with E-state index < -0.39 is 29.2 Å². The van der Waals surface area contributed by atoms with Crippen molar-refractivity contribution in [1.29, 1.82) is 0 Å². The lowest BCUT2D eigenvalue weighted by atomic mass is 10.0. The van der Waals surface area contributed by atoms with Gasteiger partial charge >= 0.3 is 5.97 Å². The number of aryl methyl sites for hydroxylation is 1. The Hall–Kier alpha value is -3.62. The average molecular weight is 536 g/mol. The maximum atomic E-state index is 12.9. The van der Waals surface area contributed by atoms with Gasteiger partial charge in [0.15, 0.2) is 17.5 Å². The molecule has 2 amide bonds. The molecule has 2 aromatic heterocycles. The number of aromatic nitrogens is 5. The summed E-state index contributed by atoms with van der Waals surface area (Å²) in [6.07, 6.45) is 5.15. The number of carbonyl (C=O) groups excluding carboxylic acids is 2. The van der Waals surface area contributed by atoms with Gasteiger partial charge in [0.2, 0.25) is 5.16 Å². The monoisotopic (exact) mass is 535 g/mol. The third-order valence-corrected chi connectivity index (χ3v) is 7.89. The van der Waals surface area contributed by atoms with Crippen molar-refractivity contribution in [2.24, 2.45) is 12.2 Å². The predicted molar refractivity (Wildman–Crippen MR) is 127 cm³/mol. The van der Waals surface area contributed by atoms with Crippen molar-refractivity contribution in [2.45, 2.75) is 16.6 Å². The summed E-state index contributed by atoms with van der Waals surface area (Å²) >= 11 is 3.69.